The van der Waals surface area contributed by atoms with E-state index in [4.69, 9.17) is 18.0 Å². The summed E-state index contributed by atoms with van der Waals surface area (Å²) in [7, 11) is -2.41. The standard InChI is InChI=1S/C28H56O4Si/c1-4-29-33(30-5-2,31-6-3)24-20-18-16-14-12-10-8-7-9-11-13-15-17-19-21-26-22-23-27-28(25-26)32-27/h26-28H,4-25H2,1-3H3. The van der Waals surface area contributed by atoms with Crippen molar-refractivity contribution in [1.82, 2.24) is 0 Å². The average Bonchev–Trinajstić information content (AvgIpc) is 3.58. The minimum atomic E-state index is -2.41. The molecule has 196 valence electrons. The monoisotopic (exact) mass is 484 g/mol. The van der Waals surface area contributed by atoms with E-state index in [2.05, 4.69) is 0 Å². The maximum absolute atomic E-state index is 5.95. The lowest BCUT2D eigenvalue weighted by Crippen LogP contribution is -2.45. The molecular formula is C28H56O4Si. The number of unbranched alkanes of at least 4 members (excludes halogenated alkanes) is 13. The molecule has 2 aliphatic rings. The van der Waals surface area contributed by atoms with Gasteiger partial charge in [-0.1, -0.05) is 89.9 Å². The predicted molar refractivity (Wildman–Crippen MR) is 141 cm³/mol. The van der Waals surface area contributed by atoms with E-state index >= 15 is 0 Å². The highest BCUT2D eigenvalue weighted by atomic mass is 28.4. The van der Waals surface area contributed by atoms with Crippen LogP contribution in [0.2, 0.25) is 6.04 Å². The third-order valence-corrected chi connectivity index (χ3v) is 10.7. The molecule has 0 bridgehead atoms. The third kappa shape index (κ3) is 13.1. The molecule has 1 saturated heterocycles. The van der Waals surface area contributed by atoms with Gasteiger partial charge < -0.3 is 18.0 Å². The second-order valence-electron chi connectivity index (χ2n) is 10.4. The number of fused-ring (bicyclic) bond motifs is 1. The summed E-state index contributed by atoms with van der Waals surface area (Å²) in [5, 5.41) is 0. The zero-order chi connectivity index (χ0) is 23.6. The zero-order valence-corrected chi connectivity index (χ0v) is 23.4. The lowest BCUT2D eigenvalue weighted by molar-refractivity contribution is 0.0706. The first kappa shape index (κ1) is 29.3. The molecule has 0 N–H and O–H groups in total. The minimum absolute atomic E-state index is 0.664. The SMILES string of the molecule is CCO[Si](CCCCCCCCCCCCCCCCC1CCC2OC2C1)(OCC)OCC. The van der Waals surface area contributed by atoms with Crippen LogP contribution < -0.4 is 0 Å². The predicted octanol–water partition coefficient (Wildman–Crippen LogP) is 8.45. The first-order chi connectivity index (χ1) is 16.2. The van der Waals surface area contributed by atoms with Gasteiger partial charge in [-0.15, -0.1) is 0 Å². The van der Waals surface area contributed by atoms with Crippen molar-refractivity contribution in [2.45, 2.75) is 155 Å². The van der Waals surface area contributed by atoms with E-state index in [1.165, 1.54) is 116 Å². The highest BCUT2D eigenvalue weighted by Crippen LogP contribution is 2.41. The fourth-order valence-corrected chi connectivity index (χ4v) is 8.33. The summed E-state index contributed by atoms with van der Waals surface area (Å²) in [6.45, 7) is 8.17. The molecule has 0 spiro atoms. The summed E-state index contributed by atoms with van der Waals surface area (Å²) in [5.41, 5.74) is 0. The normalized spacial score (nSPS) is 22.5. The summed E-state index contributed by atoms with van der Waals surface area (Å²) in [5.74, 6) is 0.976. The van der Waals surface area contributed by atoms with E-state index in [9.17, 15) is 0 Å². The van der Waals surface area contributed by atoms with Gasteiger partial charge in [0, 0.05) is 25.9 Å². The van der Waals surface area contributed by atoms with Crippen LogP contribution >= 0.6 is 0 Å². The van der Waals surface area contributed by atoms with Crippen molar-refractivity contribution in [2.24, 2.45) is 5.92 Å². The van der Waals surface area contributed by atoms with Crippen molar-refractivity contribution in [3.8, 4) is 0 Å². The van der Waals surface area contributed by atoms with E-state index in [1.54, 1.807) is 0 Å². The van der Waals surface area contributed by atoms with Crippen LogP contribution in [-0.4, -0.2) is 40.8 Å². The fraction of sp³-hybridized carbons (Fsp3) is 1.00. The van der Waals surface area contributed by atoms with Gasteiger partial charge in [-0.2, -0.15) is 0 Å². The second kappa shape index (κ2) is 18.3. The van der Waals surface area contributed by atoms with Gasteiger partial charge in [0.2, 0.25) is 0 Å². The Bertz CT molecular complexity index is 444. The Morgan fingerprint density at radius 3 is 1.48 bits per heavy atom. The van der Waals surface area contributed by atoms with Crippen LogP contribution in [0.25, 0.3) is 0 Å². The first-order valence-corrected chi connectivity index (χ1v) is 16.7. The lowest BCUT2D eigenvalue weighted by atomic mass is 9.85. The highest BCUT2D eigenvalue weighted by molar-refractivity contribution is 6.60. The molecule has 1 heterocycles. The van der Waals surface area contributed by atoms with Crippen molar-refractivity contribution in [1.29, 1.82) is 0 Å². The molecule has 0 aromatic carbocycles. The van der Waals surface area contributed by atoms with Crippen LogP contribution in [-0.2, 0) is 18.0 Å². The maximum atomic E-state index is 5.95. The Kier molecular flexibility index (Phi) is 16.3. The Hall–Kier alpha value is 0.0569. The van der Waals surface area contributed by atoms with Crippen molar-refractivity contribution < 1.29 is 18.0 Å². The molecule has 3 unspecified atom stereocenters. The Balaban J connectivity index is 1.29. The van der Waals surface area contributed by atoms with E-state index < -0.39 is 8.80 Å². The Morgan fingerprint density at radius 1 is 0.576 bits per heavy atom. The minimum Gasteiger partial charge on any atom is -0.374 e. The smallest absolute Gasteiger partial charge is 0.374 e. The molecule has 2 rings (SSSR count). The summed E-state index contributed by atoms with van der Waals surface area (Å²) < 4.78 is 23.5. The van der Waals surface area contributed by atoms with E-state index in [-0.39, 0.29) is 0 Å². The Labute approximate surface area is 207 Å². The fourth-order valence-electron chi connectivity index (χ4n) is 5.65. The quantitative estimate of drug-likeness (QED) is 0.0828. The van der Waals surface area contributed by atoms with Gasteiger partial charge in [-0.05, 0) is 52.4 Å². The molecule has 1 aliphatic carbocycles. The first-order valence-electron chi connectivity index (χ1n) is 14.8. The molecule has 33 heavy (non-hydrogen) atoms. The van der Waals surface area contributed by atoms with Crippen molar-refractivity contribution in [3.63, 3.8) is 0 Å². The highest BCUT2D eigenvalue weighted by Gasteiger charge is 2.43. The summed E-state index contributed by atoms with van der Waals surface area (Å²) in [4.78, 5) is 0. The van der Waals surface area contributed by atoms with Gasteiger partial charge in [0.15, 0.2) is 0 Å². The number of epoxide rings is 1. The summed E-state index contributed by atoms with van der Waals surface area (Å²) >= 11 is 0. The van der Waals surface area contributed by atoms with Crippen molar-refractivity contribution in [2.75, 3.05) is 19.8 Å². The molecule has 0 aromatic heterocycles. The molecule has 4 nitrogen and oxygen atoms in total. The van der Waals surface area contributed by atoms with Crippen LogP contribution in [0.4, 0.5) is 0 Å². The number of ether oxygens (including phenoxy) is 1. The van der Waals surface area contributed by atoms with Crippen LogP contribution in [0.1, 0.15) is 136 Å². The van der Waals surface area contributed by atoms with Crippen LogP contribution in [0.3, 0.4) is 0 Å². The van der Waals surface area contributed by atoms with E-state index in [1.807, 2.05) is 20.8 Å². The van der Waals surface area contributed by atoms with Gasteiger partial charge in [0.05, 0.1) is 12.2 Å². The zero-order valence-electron chi connectivity index (χ0n) is 22.4. The number of hydrogen-bond donors (Lipinski definition) is 0. The van der Waals surface area contributed by atoms with Gasteiger partial charge >= 0.3 is 8.80 Å². The molecule has 3 atom stereocenters. The topological polar surface area (TPSA) is 40.2 Å². The largest absolute Gasteiger partial charge is 0.500 e. The molecule has 0 radical (unpaired) electrons. The van der Waals surface area contributed by atoms with Gasteiger partial charge in [-0.3, -0.25) is 0 Å². The van der Waals surface area contributed by atoms with Gasteiger partial charge in [0.1, 0.15) is 0 Å². The number of hydrogen-bond acceptors (Lipinski definition) is 4. The second-order valence-corrected chi connectivity index (χ2v) is 13.1. The van der Waals surface area contributed by atoms with Crippen LogP contribution in [0.15, 0.2) is 0 Å². The molecule has 1 aliphatic heterocycles. The lowest BCUT2D eigenvalue weighted by Gasteiger charge is -2.28. The molecule has 2 fully saturated rings. The summed E-state index contributed by atoms with van der Waals surface area (Å²) in [6, 6.07) is 0.971. The Morgan fingerprint density at radius 2 is 1.03 bits per heavy atom. The van der Waals surface area contributed by atoms with Gasteiger partial charge in [-0.25, -0.2) is 0 Å². The molecule has 5 heteroatoms. The average molecular weight is 485 g/mol. The van der Waals surface area contributed by atoms with Crippen LogP contribution in [0, 0.1) is 5.92 Å². The molecular weight excluding hydrogens is 428 g/mol. The summed E-state index contributed by atoms with van der Waals surface area (Å²) in [6.07, 6.45) is 26.5. The van der Waals surface area contributed by atoms with Crippen molar-refractivity contribution >= 4 is 8.80 Å². The van der Waals surface area contributed by atoms with Gasteiger partial charge in [0.25, 0.3) is 0 Å². The van der Waals surface area contributed by atoms with E-state index in [0.717, 1.165) is 12.0 Å². The molecule has 0 aromatic rings. The van der Waals surface area contributed by atoms with Crippen molar-refractivity contribution in [3.05, 3.63) is 0 Å². The molecule has 0 amide bonds. The molecule has 1 saturated carbocycles. The number of rotatable bonds is 23. The van der Waals surface area contributed by atoms with Crippen LogP contribution in [0.5, 0.6) is 0 Å². The van der Waals surface area contributed by atoms with E-state index in [0.29, 0.717) is 32.0 Å². The maximum Gasteiger partial charge on any atom is 0.500 e. The third-order valence-electron chi connectivity index (χ3n) is 7.55.